The third-order valence-corrected chi connectivity index (χ3v) is 7.97. The van der Waals surface area contributed by atoms with Gasteiger partial charge in [-0.3, -0.25) is 9.59 Å². The van der Waals surface area contributed by atoms with Crippen molar-refractivity contribution in [2.45, 2.75) is 43.4 Å². The number of hydrogen-bond donors (Lipinski definition) is 1. The van der Waals surface area contributed by atoms with Gasteiger partial charge >= 0.3 is 0 Å². The Hall–Kier alpha value is -1.95. The summed E-state index contributed by atoms with van der Waals surface area (Å²) in [5, 5.41) is 4.60. The van der Waals surface area contributed by atoms with Crippen molar-refractivity contribution in [3.05, 3.63) is 74.6 Å². The molecular formula is C25H26Cl2N2O2S. The van der Waals surface area contributed by atoms with Crippen LogP contribution in [0, 0.1) is 0 Å². The van der Waals surface area contributed by atoms with Crippen LogP contribution in [0.3, 0.4) is 0 Å². The zero-order valence-corrected chi connectivity index (χ0v) is 20.1. The van der Waals surface area contributed by atoms with E-state index in [2.05, 4.69) is 5.32 Å². The summed E-state index contributed by atoms with van der Waals surface area (Å²) in [4.78, 5) is 28.5. The van der Waals surface area contributed by atoms with E-state index in [0.29, 0.717) is 26.7 Å². The molecule has 1 saturated carbocycles. The van der Waals surface area contributed by atoms with Gasteiger partial charge in [-0.1, -0.05) is 66.4 Å². The number of hydrogen-bond acceptors (Lipinski definition) is 3. The number of benzene rings is 2. The summed E-state index contributed by atoms with van der Waals surface area (Å²) in [6, 6.07) is 15.2. The van der Waals surface area contributed by atoms with Crippen LogP contribution in [-0.4, -0.2) is 41.1 Å². The summed E-state index contributed by atoms with van der Waals surface area (Å²) in [5.74, 6) is -0.202. The first kappa shape index (κ1) is 23.2. The number of fused-ring (bicyclic) bond motifs is 1. The van der Waals surface area contributed by atoms with Gasteiger partial charge in [0.2, 0.25) is 5.91 Å². The molecule has 2 aliphatic rings. The van der Waals surface area contributed by atoms with E-state index < -0.39 is 0 Å². The maximum Gasteiger partial charge on any atom is 0.261 e. The Bertz CT molecular complexity index is 1010. The van der Waals surface area contributed by atoms with Gasteiger partial charge in [-0.15, -0.1) is 11.8 Å². The van der Waals surface area contributed by atoms with Crippen LogP contribution in [0.5, 0.6) is 0 Å². The van der Waals surface area contributed by atoms with Gasteiger partial charge in [0.15, 0.2) is 0 Å². The number of amides is 2. The molecule has 2 atom stereocenters. The van der Waals surface area contributed by atoms with Crippen molar-refractivity contribution in [3.63, 3.8) is 0 Å². The molecule has 2 unspecified atom stereocenters. The van der Waals surface area contributed by atoms with Crippen LogP contribution in [0.2, 0.25) is 10.0 Å². The molecular weight excluding hydrogens is 463 g/mol. The molecule has 2 aromatic rings. The Morgan fingerprint density at radius 3 is 2.62 bits per heavy atom. The van der Waals surface area contributed by atoms with Crippen molar-refractivity contribution in [2.24, 2.45) is 0 Å². The van der Waals surface area contributed by atoms with Gasteiger partial charge in [-0.05, 0) is 54.7 Å². The molecule has 4 rings (SSSR count). The SMILES string of the molecule is O=C(CN1C(=O)/C(=C\c2ccccc2Cl)SC2CCCCC21)NCCc1ccc(Cl)cc1. The Kier molecular flexibility index (Phi) is 7.82. The molecule has 0 spiro atoms. The number of nitrogens with one attached hydrogen (secondary N) is 1. The summed E-state index contributed by atoms with van der Waals surface area (Å²) >= 11 is 13.9. The molecule has 2 fully saturated rings. The lowest BCUT2D eigenvalue weighted by molar-refractivity contribution is -0.135. The Morgan fingerprint density at radius 1 is 1.09 bits per heavy atom. The van der Waals surface area contributed by atoms with Gasteiger partial charge in [0.25, 0.3) is 5.91 Å². The molecule has 4 nitrogen and oxygen atoms in total. The van der Waals surface area contributed by atoms with E-state index in [1.54, 1.807) is 16.7 Å². The monoisotopic (exact) mass is 488 g/mol. The minimum atomic E-state index is -0.124. The standard InChI is InChI=1S/C25H26Cl2N2O2S/c26-19-11-9-17(10-12-19)13-14-28-24(30)16-29-21-7-3-4-8-22(21)32-23(25(29)31)15-18-5-1-2-6-20(18)27/h1-2,5-6,9-12,15,21-22H,3-4,7-8,13-14,16H2,(H,28,30)/b23-15+. The molecule has 2 aromatic carbocycles. The third kappa shape index (κ3) is 5.69. The van der Waals surface area contributed by atoms with Crippen molar-refractivity contribution in [2.75, 3.05) is 13.1 Å². The Labute approximate surface area is 203 Å². The van der Waals surface area contributed by atoms with E-state index in [1.165, 1.54) is 0 Å². The lowest BCUT2D eigenvalue weighted by atomic mass is 9.93. The van der Waals surface area contributed by atoms with Crippen LogP contribution in [0.1, 0.15) is 36.8 Å². The molecule has 1 heterocycles. The molecule has 0 aromatic heterocycles. The largest absolute Gasteiger partial charge is 0.354 e. The van der Waals surface area contributed by atoms with Gasteiger partial charge in [-0.2, -0.15) is 0 Å². The first-order valence-corrected chi connectivity index (χ1v) is 12.6. The third-order valence-electron chi connectivity index (χ3n) is 5.97. The summed E-state index contributed by atoms with van der Waals surface area (Å²) < 4.78 is 0. The number of thioether (sulfide) groups is 1. The van der Waals surface area contributed by atoms with E-state index in [-0.39, 0.29) is 24.4 Å². The molecule has 1 aliphatic heterocycles. The zero-order valence-electron chi connectivity index (χ0n) is 17.7. The Morgan fingerprint density at radius 2 is 1.84 bits per heavy atom. The van der Waals surface area contributed by atoms with E-state index in [1.807, 2.05) is 54.6 Å². The quantitative estimate of drug-likeness (QED) is 0.539. The van der Waals surface area contributed by atoms with Crippen LogP contribution in [-0.2, 0) is 16.0 Å². The van der Waals surface area contributed by atoms with Crippen molar-refractivity contribution in [3.8, 4) is 0 Å². The number of rotatable bonds is 6. The van der Waals surface area contributed by atoms with Gasteiger partial charge in [0, 0.05) is 27.9 Å². The lowest BCUT2D eigenvalue weighted by Gasteiger charge is -2.43. The fraction of sp³-hybridized carbons (Fsp3) is 0.360. The molecule has 2 amide bonds. The smallest absolute Gasteiger partial charge is 0.261 e. The van der Waals surface area contributed by atoms with E-state index in [0.717, 1.165) is 43.2 Å². The Balaban J connectivity index is 1.44. The molecule has 7 heteroatoms. The van der Waals surface area contributed by atoms with E-state index in [9.17, 15) is 9.59 Å². The maximum atomic E-state index is 13.4. The highest BCUT2D eigenvalue weighted by atomic mass is 35.5. The van der Waals surface area contributed by atoms with Gasteiger partial charge in [0.05, 0.1) is 4.91 Å². The molecule has 168 valence electrons. The second-order valence-electron chi connectivity index (χ2n) is 8.20. The first-order valence-electron chi connectivity index (χ1n) is 11.0. The van der Waals surface area contributed by atoms with Crippen LogP contribution in [0.15, 0.2) is 53.4 Å². The zero-order chi connectivity index (χ0) is 22.5. The molecule has 0 radical (unpaired) electrons. The van der Waals surface area contributed by atoms with Crippen molar-refractivity contribution < 1.29 is 9.59 Å². The first-order chi connectivity index (χ1) is 15.5. The molecule has 1 N–H and O–H groups in total. The second-order valence-corrected chi connectivity index (χ2v) is 10.3. The van der Waals surface area contributed by atoms with Crippen molar-refractivity contribution >= 4 is 52.9 Å². The van der Waals surface area contributed by atoms with Gasteiger partial charge in [0.1, 0.15) is 6.54 Å². The highest BCUT2D eigenvalue weighted by molar-refractivity contribution is 8.04. The summed E-state index contributed by atoms with van der Waals surface area (Å²) in [6.45, 7) is 0.606. The van der Waals surface area contributed by atoms with Gasteiger partial charge in [-0.25, -0.2) is 0 Å². The van der Waals surface area contributed by atoms with Crippen molar-refractivity contribution in [1.82, 2.24) is 10.2 Å². The second kappa shape index (κ2) is 10.8. The fourth-order valence-electron chi connectivity index (χ4n) is 4.30. The lowest BCUT2D eigenvalue weighted by Crippen LogP contribution is -2.54. The molecule has 1 aliphatic carbocycles. The molecule has 1 saturated heterocycles. The summed E-state index contributed by atoms with van der Waals surface area (Å²) in [5.41, 5.74) is 1.93. The van der Waals surface area contributed by atoms with Crippen LogP contribution in [0.4, 0.5) is 0 Å². The number of nitrogens with zero attached hydrogens (tertiary/aromatic N) is 1. The van der Waals surface area contributed by atoms with Crippen LogP contribution in [0.25, 0.3) is 6.08 Å². The highest BCUT2D eigenvalue weighted by Gasteiger charge is 2.41. The minimum absolute atomic E-state index is 0.0779. The fourth-order valence-corrected chi connectivity index (χ4v) is 6.08. The average Bonchev–Trinajstić information content (AvgIpc) is 2.79. The number of halogens is 2. The molecule has 32 heavy (non-hydrogen) atoms. The minimum Gasteiger partial charge on any atom is -0.354 e. The van der Waals surface area contributed by atoms with Crippen LogP contribution >= 0.6 is 35.0 Å². The predicted octanol–water partition coefficient (Wildman–Crippen LogP) is 5.58. The van der Waals surface area contributed by atoms with E-state index >= 15 is 0 Å². The maximum absolute atomic E-state index is 13.4. The number of carbonyl (C=O) groups excluding carboxylic acids is 2. The van der Waals surface area contributed by atoms with E-state index in [4.69, 9.17) is 23.2 Å². The van der Waals surface area contributed by atoms with Crippen molar-refractivity contribution in [1.29, 1.82) is 0 Å². The predicted molar refractivity (Wildman–Crippen MR) is 133 cm³/mol. The van der Waals surface area contributed by atoms with Crippen LogP contribution < -0.4 is 5.32 Å². The average molecular weight is 489 g/mol. The topological polar surface area (TPSA) is 49.4 Å². The normalized spacial score (nSPS) is 22.0. The molecule has 0 bridgehead atoms. The summed E-state index contributed by atoms with van der Waals surface area (Å²) in [6.07, 6.45) is 6.83. The highest BCUT2D eigenvalue weighted by Crippen LogP contribution is 2.42. The summed E-state index contributed by atoms with van der Waals surface area (Å²) in [7, 11) is 0. The van der Waals surface area contributed by atoms with Gasteiger partial charge < -0.3 is 10.2 Å². The number of carbonyl (C=O) groups is 2.